The molecule has 0 spiro atoms. The molecule has 0 saturated heterocycles. The number of benzene rings is 1. The molecule has 6 heteroatoms. The second-order valence-corrected chi connectivity index (χ2v) is 5.38. The molecule has 1 saturated carbocycles. The van der Waals surface area contributed by atoms with Gasteiger partial charge in [-0.3, -0.25) is 10.1 Å². The summed E-state index contributed by atoms with van der Waals surface area (Å²) in [5.74, 6) is 0.150. The lowest BCUT2D eigenvalue weighted by Crippen LogP contribution is -2.30. The van der Waals surface area contributed by atoms with Gasteiger partial charge in [0.2, 0.25) is 0 Å². The lowest BCUT2D eigenvalue weighted by Gasteiger charge is -2.25. The van der Waals surface area contributed by atoms with Crippen molar-refractivity contribution in [2.45, 2.75) is 32.0 Å². The Balaban J connectivity index is 2.22. The van der Waals surface area contributed by atoms with E-state index >= 15 is 0 Å². The van der Waals surface area contributed by atoms with Crippen LogP contribution in [0.15, 0.2) is 18.2 Å². The van der Waals surface area contributed by atoms with Crippen LogP contribution in [0.4, 0.5) is 11.4 Å². The second-order valence-electron chi connectivity index (χ2n) is 5.38. The Hall–Kier alpha value is -1.66. The Morgan fingerprint density at radius 2 is 2.20 bits per heavy atom. The van der Waals surface area contributed by atoms with Crippen LogP contribution in [0.5, 0.6) is 0 Å². The van der Waals surface area contributed by atoms with Crippen LogP contribution in [0.1, 0.15) is 24.8 Å². The summed E-state index contributed by atoms with van der Waals surface area (Å²) in [6.45, 7) is 0.432. The van der Waals surface area contributed by atoms with Crippen molar-refractivity contribution in [3.63, 3.8) is 0 Å². The molecule has 0 amide bonds. The first-order valence-electron chi connectivity index (χ1n) is 6.80. The molecular formula is C14H20N2O4. The van der Waals surface area contributed by atoms with Gasteiger partial charge in [-0.05, 0) is 30.5 Å². The van der Waals surface area contributed by atoms with Crippen molar-refractivity contribution in [1.82, 2.24) is 0 Å². The average molecular weight is 280 g/mol. The molecule has 0 radical (unpaired) electrons. The summed E-state index contributed by atoms with van der Waals surface area (Å²) in [7, 11) is 1.79. The summed E-state index contributed by atoms with van der Waals surface area (Å²) >= 11 is 0. The van der Waals surface area contributed by atoms with Crippen LogP contribution in [-0.2, 0) is 6.61 Å². The first-order chi connectivity index (χ1) is 9.52. The van der Waals surface area contributed by atoms with Crippen LogP contribution in [0.2, 0.25) is 0 Å². The molecule has 1 aromatic carbocycles. The van der Waals surface area contributed by atoms with Gasteiger partial charge in [0, 0.05) is 25.6 Å². The van der Waals surface area contributed by atoms with Gasteiger partial charge in [0.1, 0.15) is 5.69 Å². The SMILES string of the molecule is CN(CC1CCCC1O)c1cc(CO)ccc1[N+](=O)[O-]. The third-order valence-corrected chi connectivity index (χ3v) is 3.96. The smallest absolute Gasteiger partial charge is 0.292 e. The molecule has 1 aromatic rings. The molecule has 1 aliphatic rings. The minimum atomic E-state index is -0.419. The molecule has 0 bridgehead atoms. The minimum Gasteiger partial charge on any atom is -0.393 e. The van der Waals surface area contributed by atoms with Crippen molar-refractivity contribution in [1.29, 1.82) is 0 Å². The maximum atomic E-state index is 11.1. The molecule has 0 aliphatic heterocycles. The van der Waals surface area contributed by atoms with Crippen LogP contribution >= 0.6 is 0 Å². The van der Waals surface area contributed by atoms with Crippen molar-refractivity contribution >= 4 is 11.4 Å². The molecular weight excluding hydrogens is 260 g/mol. The Kier molecular flexibility index (Phi) is 4.57. The standard InChI is InChI=1S/C14H20N2O4/c1-15(8-11-3-2-4-14(11)18)13-7-10(9-17)5-6-12(13)16(19)20/h5-7,11,14,17-18H,2-4,8-9H2,1H3. The van der Waals surface area contributed by atoms with E-state index in [2.05, 4.69) is 0 Å². The normalized spacial score (nSPS) is 21.9. The summed E-state index contributed by atoms with van der Waals surface area (Å²) in [5.41, 5.74) is 1.15. The highest BCUT2D eigenvalue weighted by Crippen LogP contribution is 2.32. The quantitative estimate of drug-likeness (QED) is 0.633. The maximum Gasteiger partial charge on any atom is 0.292 e. The molecule has 1 aliphatic carbocycles. The van der Waals surface area contributed by atoms with E-state index in [0.717, 1.165) is 19.3 Å². The Bertz CT molecular complexity index is 492. The number of rotatable bonds is 5. The van der Waals surface area contributed by atoms with E-state index in [1.807, 2.05) is 0 Å². The van der Waals surface area contributed by atoms with Gasteiger partial charge in [0.25, 0.3) is 5.69 Å². The van der Waals surface area contributed by atoms with Crippen LogP contribution in [0, 0.1) is 16.0 Å². The topological polar surface area (TPSA) is 86.8 Å². The Morgan fingerprint density at radius 3 is 2.75 bits per heavy atom. The fourth-order valence-corrected chi connectivity index (χ4v) is 2.81. The van der Waals surface area contributed by atoms with Gasteiger partial charge < -0.3 is 15.1 Å². The van der Waals surface area contributed by atoms with Gasteiger partial charge in [0.05, 0.1) is 17.6 Å². The highest BCUT2D eigenvalue weighted by molar-refractivity contribution is 5.64. The summed E-state index contributed by atoms with van der Waals surface area (Å²) < 4.78 is 0. The van der Waals surface area contributed by atoms with Gasteiger partial charge in [-0.15, -0.1) is 0 Å². The molecule has 0 aromatic heterocycles. The zero-order chi connectivity index (χ0) is 14.7. The largest absolute Gasteiger partial charge is 0.393 e. The van der Waals surface area contributed by atoms with Crippen molar-refractivity contribution in [3.8, 4) is 0 Å². The van der Waals surface area contributed by atoms with Gasteiger partial charge in [-0.2, -0.15) is 0 Å². The minimum absolute atomic E-state index is 0.0252. The molecule has 20 heavy (non-hydrogen) atoms. The number of nitro benzene ring substituents is 1. The first kappa shape index (κ1) is 14.7. The number of nitrogens with zero attached hydrogens (tertiary/aromatic N) is 2. The molecule has 110 valence electrons. The van der Waals surface area contributed by atoms with Crippen LogP contribution in [0.3, 0.4) is 0 Å². The van der Waals surface area contributed by atoms with E-state index in [1.165, 1.54) is 6.07 Å². The fraction of sp³-hybridized carbons (Fsp3) is 0.571. The zero-order valence-corrected chi connectivity index (χ0v) is 11.5. The Morgan fingerprint density at radius 1 is 1.45 bits per heavy atom. The van der Waals surface area contributed by atoms with E-state index in [-0.39, 0.29) is 24.3 Å². The maximum absolute atomic E-state index is 11.1. The van der Waals surface area contributed by atoms with Crippen LogP contribution in [-0.4, -0.2) is 34.8 Å². The molecule has 2 rings (SSSR count). The number of hydrogen-bond acceptors (Lipinski definition) is 5. The number of hydrogen-bond donors (Lipinski definition) is 2. The van der Waals surface area contributed by atoms with Gasteiger partial charge >= 0.3 is 0 Å². The van der Waals surface area contributed by atoms with Crippen molar-refractivity contribution < 1.29 is 15.1 Å². The van der Waals surface area contributed by atoms with E-state index in [4.69, 9.17) is 0 Å². The first-order valence-corrected chi connectivity index (χ1v) is 6.80. The van der Waals surface area contributed by atoms with E-state index in [9.17, 15) is 20.3 Å². The third kappa shape index (κ3) is 3.08. The van der Waals surface area contributed by atoms with Crippen molar-refractivity contribution in [2.24, 2.45) is 5.92 Å². The van der Waals surface area contributed by atoms with Crippen molar-refractivity contribution in [3.05, 3.63) is 33.9 Å². The zero-order valence-electron chi connectivity index (χ0n) is 11.5. The average Bonchev–Trinajstić information content (AvgIpc) is 2.83. The van der Waals surface area contributed by atoms with E-state index < -0.39 is 4.92 Å². The van der Waals surface area contributed by atoms with Crippen molar-refractivity contribution in [2.75, 3.05) is 18.5 Å². The van der Waals surface area contributed by atoms with E-state index in [1.54, 1.807) is 24.1 Å². The predicted octanol–water partition coefficient (Wildman–Crippen LogP) is 1.68. The molecule has 2 N–H and O–H groups in total. The molecule has 0 heterocycles. The summed E-state index contributed by atoms with van der Waals surface area (Å²) in [5, 5.41) is 30.1. The molecule has 2 unspecified atom stereocenters. The number of nitro groups is 1. The Labute approximate surface area is 117 Å². The monoisotopic (exact) mass is 280 g/mol. The number of aliphatic hydroxyl groups excluding tert-OH is 2. The van der Waals surface area contributed by atoms with Crippen LogP contribution < -0.4 is 4.90 Å². The molecule has 2 atom stereocenters. The summed E-state index contributed by atoms with van der Waals surface area (Å²) in [4.78, 5) is 12.5. The lowest BCUT2D eigenvalue weighted by atomic mass is 10.0. The number of anilines is 1. The molecule has 1 fully saturated rings. The third-order valence-electron chi connectivity index (χ3n) is 3.96. The summed E-state index contributed by atoms with van der Waals surface area (Å²) in [6.07, 6.45) is 2.42. The second kappa shape index (κ2) is 6.19. The van der Waals surface area contributed by atoms with Crippen LogP contribution in [0.25, 0.3) is 0 Å². The van der Waals surface area contributed by atoms with Gasteiger partial charge in [-0.25, -0.2) is 0 Å². The predicted molar refractivity (Wildman–Crippen MR) is 75.6 cm³/mol. The highest BCUT2D eigenvalue weighted by atomic mass is 16.6. The van der Waals surface area contributed by atoms with E-state index in [0.29, 0.717) is 17.8 Å². The number of aliphatic hydroxyl groups is 2. The fourth-order valence-electron chi connectivity index (χ4n) is 2.81. The van der Waals surface area contributed by atoms with Gasteiger partial charge in [-0.1, -0.05) is 6.42 Å². The summed E-state index contributed by atoms with van der Waals surface area (Å²) in [6, 6.07) is 4.61. The van der Waals surface area contributed by atoms with Gasteiger partial charge in [0.15, 0.2) is 0 Å². The lowest BCUT2D eigenvalue weighted by molar-refractivity contribution is -0.384. The molecule has 6 nitrogen and oxygen atoms in total. The highest BCUT2D eigenvalue weighted by Gasteiger charge is 2.28.